The van der Waals surface area contributed by atoms with Crippen molar-refractivity contribution in [3.05, 3.63) is 39.9 Å². The zero-order valence-electron chi connectivity index (χ0n) is 12.9. The minimum atomic E-state index is -4.88. The van der Waals surface area contributed by atoms with E-state index >= 15 is 0 Å². The molecule has 0 aliphatic heterocycles. The highest BCUT2D eigenvalue weighted by molar-refractivity contribution is 5.85. The summed E-state index contributed by atoms with van der Waals surface area (Å²) < 4.78 is 59.0. The van der Waals surface area contributed by atoms with Gasteiger partial charge in [-0.2, -0.15) is 18.3 Å². The van der Waals surface area contributed by atoms with Crippen molar-refractivity contribution < 1.29 is 27.4 Å². The Labute approximate surface area is 137 Å². The third kappa shape index (κ3) is 2.59. The van der Waals surface area contributed by atoms with Gasteiger partial charge in [-0.1, -0.05) is 0 Å². The molecule has 2 heterocycles. The number of hydrogen-bond donors (Lipinski definition) is 2. The maximum absolute atomic E-state index is 14.2. The van der Waals surface area contributed by atoms with E-state index in [1.807, 2.05) is 0 Å². The fraction of sp³-hybridized carbons (Fsp3) is 0.200. The number of aromatic nitrogens is 3. The molecule has 0 aliphatic carbocycles. The van der Waals surface area contributed by atoms with Crippen LogP contribution in [0.15, 0.2) is 23.0 Å². The Bertz CT molecular complexity index is 1040. The van der Waals surface area contributed by atoms with Crippen molar-refractivity contribution in [1.29, 1.82) is 0 Å². The van der Waals surface area contributed by atoms with Crippen LogP contribution in [0.5, 0.6) is 11.5 Å². The van der Waals surface area contributed by atoms with Gasteiger partial charge in [0, 0.05) is 18.7 Å². The summed E-state index contributed by atoms with van der Waals surface area (Å²) in [5.74, 6) is -1.66. The van der Waals surface area contributed by atoms with Gasteiger partial charge in [0.2, 0.25) is 5.43 Å². The minimum Gasteiger partial charge on any atom is -0.503 e. The second kappa shape index (κ2) is 5.50. The van der Waals surface area contributed by atoms with Crippen LogP contribution in [0, 0.1) is 5.82 Å². The summed E-state index contributed by atoms with van der Waals surface area (Å²) in [5, 5.41) is 12.5. The number of aromatic amines is 1. The number of fused-ring (bicyclic) bond motifs is 1. The highest BCUT2D eigenvalue weighted by Gasteiger charge is 2.38. The Hall–Kier alpha value is -3.04. The van der Waals surface area contributed by atoms with Crippen LogP contribution in [0.2, 0.25) is 0 Å². The fourth-order valence-electron chi connectivity index (χ4n) is 2.51. The molecule has 0 saturated heterocycles. The number of halogens is 4. The lowest BCUT2D eigenvalue weighted by Gasteiger charge is -2.09. The highest BCUT2D eigenvalue weighted by Crippen LogP contribution is 2.35. The van der Waals surface area contributed by atoms with Crippen molar-refractivity contribution in [3.8, 4) is 22.8 Å². The smallest absolute Gasteiger partial charge is 0.435 e. The van der Waals surface area contributed by atoms with Crippen LogP contribution in [0.1, 0.15) is 5.69 Å². The Morgan fingerprint density at radius 2 is 2.00 bits per heavy atom. The summed E-state index contributed by atoms with van der Waals surface area (Å²) in [6.45, 7) is 0. The molecule has 10 heteroatoms. The topological polar surface area (TPSA) is 80.1 Å². The van der Waals surface area contributed by atoms with Gasteiger partial charge in [-0.3, -0.25) is 9.48 Å². The third-order valence-corrected chi connectivity index (χ3v) is 3.68. The normalized spacial score (nSPS) is 11.9. The Morgan fingerprint density at radius 3 is 2.56 bits per heavy atom. The van der Waals surface area contributed by atoms with Crippen LogP contribution >= 0.6 is 0 Å². The first-order valence-electron chi connectivity index (χ1n) is 6.88. The van der Waals surface area contributed by atoms with Crippen molar-refractivity contribution in [2.75, 3.05) is 7.11 Å². The standard InChI is InChI=1S/C15H11F4N3O3/c1-22-14-9(13(21-22)15(17,18)19)11(23)12(24)10(20-14)7-4-3-6(25-2)5-8(7)16/h3-5,24H,1-2H3,(H,20,23). The number of nitrogens with zero attached hydrogens (tertiary/aromatic N) is 2. The van der Waals surface area contributed by atoms with E-state index in [0.717, 1.165) is 10.7 Å². The summed E-state index contributed by atoms with van der Waals surface area (Å²) in [6.07, 6.45) is -4.88. The Morgan fingerprint density at radius 1 is 1.32 bits per heavy atom. The molecule has 2 N–H and O–H groups in total. The van der Waals surface area contributed by atoms with E-state index in [4.69, 9.17) is 4.74 Å². The maximum atomic E-state index is 14.2. The van der Waals surface area contributed by atoms with Crippen LogP contribution in [-0.4, -0.2) is 27.0 Å². The molecule has 2 aromatic heterocycles. The van der Waals surface area contributed by atoms with E-state index in [0.29, 0.717) is 0 Å². The zero-order chi connectivity index (χ0) is 18.5. The van der Waals surface area contributed by atoms with Gasteiger partial charge in [0.1, 0.15) is 22.6 Å². The first kappa shape index (κ1) is 16.8. The average Bonchev–Trinajstić information content (AvgIpc) is 2.88. The lowest BCUT2D eigenvalue weighted by atomic mass is 10.1. The van der Waals surface area contributed by atoms with Gasteiger partial charge < -0.3 is 14.8 Å². The molecule has 0 bridgehead atoms. The van der Waals surface area contributed by atoms with E-state index in [1.54, 1.807) is 0 Å². The fourth-order valence-corrected chi connectivity index (χ4v) is 2.51. The minimum absolute atomic E-state index is 0.198. The van der Waals surface area contributed by atoms with Gasteiger partial charge in [-0.05, 0) is 12.1 Å². The molecule has 25 heavy (non-hydrogen) atoms. The molecule has 132 valence electrons. The number of aryl methyl sites for hydroxylation is 1. The largest absolute Gasteiger partial charge is 0.503 e. The number of alkyl halides is 3. The number of hydrogen-bond acceptors (Lipinski definition) is 4. The molecule has 0 saturated carbocycles. The van der Waals surface area contributed by atoms with Gasteiger partial charge in [0.05, 0.1) is 12.8 Å². The van der Waals surface area contributed by atoms with Gasteiger partial charge in [-0.25, -0.2) is 4.39 Å². The van der Waals surface area contributed by atoms with Crippen LogP contribution in [-0.2, 0) is 13.2 Å². The van der Waals surface area contributed by atoms with E-state index in [2.05, 4.69) is 10.1 Å². The van der Waals surface area contributed by atoms with E-state index in [9.17, 15) is 27.5 Å². The lowest BCUT2D eigenvalue weighted by Crippen LogP contribution is -2.12. The molecular formula is C15H11F4N3O3. The molecule has 3 rings (SSSR count). The maximum Gasteiger partial charge on any atom is 0.435 e. The van der Waals surface area contributed by atoms with Crippen molar-refractivity contribution in [3.63, 3.8) is 0 Å². The monoisotopic (exact) mass is 357 g/mol. The van der Waals surface area contributed by atoms with Crippen LogP contribution in [0.3, 0.4) is 0 Å². The zero-order valence-corrected chi connectivity index (χ0v) is 12.9. The molecule has 0 aliphatic rings. The molecule has 0 spiro atoms. The lowest BCUT2D eigenvalue weighted by molar-refractivity contribution is -0.140. The van der Waals surface area contributed by atoms with Crippen LogP contribution in [0.25, 0.3) is 22.3 Å². The predicted molar refractivity (Wildman–Crippen MR) is 79.9 cm³/mol. The number of methoxy groups -OCH3 is 1. The van der Waals surface area contributed by atoms with E-state index in [1.165, 1.54) is 26.3 Å². The molecular weight excluding hydrogens is 346 g/mol. The summed E-state index contributed by atoms with van der Waals surface area (Å²) in [7, 11) is 2.52. The van der Waals surface area contributed by atoms with Gasteiger partial charge in [0.25, 0.3) is 0 Å². The summed E-state index contributed by atoms with van der Waals surface area (Å²) in [4.78, 5) is 14.7. The van der Waals surface area contributed by atoms with Gasteiger partial charge >= 0.3 is 6.18 Å². The van der Waals surface area contributed by atoms with Gasteiger partial charge in [0.15, 0.2) is 11.4 Å². The molecule has 0 atom stereocenters. The van der Waals surface area contributed by atoms with Gasteiger partial charge in [-0.15, -0.1) is 0 Å². The second-order valence-electron chi connectivity index (χ2n) is 5.22. The molecule has 1 aromatic carbocycles. The molecule has 3 aromatic rings. The molecule has 6 nitrogen and oxygen atoms in total. The molecule has 0 radical (unpaired) electrons. The number of aromatic hydroxyl groups is 1. The Balaban J connectivity index is 2.35. The molecule has 0 fully saturated rings. The predicted octanol–water partition coefficient (Wildman–Crippen LogP) is 2.80. The number of benzene rings is 1. The Kier molecular flexibility index (Phi) is 3.70. The van der Waals surface area contributed by atoms with Crippen molar-refractivity contribution >= 4 is 11.0 Å². The molecule has 0 amide bonds. The van der Waals surface area contributed by atoms with Crippen molar-refractivity contribution in [1.82, 2.24) is 14.8 Å². The second-order valence-corrected chi connectivity index (χ2v) is 5.22. The average molecular weight is 357 g/mol. The highest BCUT2D eigenvalue weighted by atomic mass is 19.4. The number of ether oxygens (including phenoxy) is 1. The van der Waals surface area contributed by atoms with Crippen molar-refractivity contribution in [2.45, 2.75) is 6.18 Å². The number of pyridine rings is 1. The number of nitrogens with one attached hydrogen (secondary N) is 1. The summed E-state index contributed by atoms with van der Waals surface area (Å²) in [5.41, 5.74) is -3.57. The van der Waals surface area contributed by atoms with Crippen LogP contribution < -0.4 is 10.2 Å². The van der Waals surface area contributed by atoms with E-state index in [-0.39, 0.29) is 22.7 Å². The summed E-state index contributed by atoms with van der Waals surface area (Å²) in [6, 6.07) is 3.62. The SMILES string of the molecule is COc1ccc(-c2[nH]c3c(c(C(F)(F)F)nn3C)c(=O)c2O)c(F)c1. The summed E-state index contributed by atoms with van der Waals surface area (Å²) >= 11 is 0. The first-order chi connectivity index (χ1) is 11.6. The number of rotatable bonds is 2. The first-order valence-corrected chi connectivity index (χ1v) is 6.88. The molecule has 0 unspecified atom stereocenters. The van der Waals surface area contributed by atoms with Crippen molar-refractivity contribution in [2.24, 2.45) is 7.05 Å². The van der Waals surface area contributed by atoms with Crippen LogP contribution in [0.4, 0.5) is 17.6 Å². The van der Waals surface area contributed by atoms with E-state index < -0.39 is 34.3 Å². The number of H-pyrrole nitrogens is 1. The third-order valence-electron chi connectivity index (χ3n) is 3.68. The quantitative estimate of drug-likeness (QED) is 0.691.